The lowest BCUT2D eigenvalue weighted by atomic mass is 9.78. The molecule has 1 aromatic heterocycles. The maximum absolute atomic E-state index is 6.31. The molecule has 0 radical (unpaired) electrons. The van der Waals surface area contributed by atoms with Crippen LogP contribution in [0.25, 0.3) is 11.3 Å². The van der Waals surface area contributed by atoms with Gasteiger partial charge in [0.15, 0.2) is 0 Å². The summed E-state index contributed by atoms with van der Waals surface area (Å²) in [5, 5.41) is 3.23. The Morgan fingerprint density at radius 1 is 1.28 bits per heavy atom. The Bertz CT molecular complexity index is 538. The standard InChI is InChI=1S/C15H18N2S/c1-2-11-4-6-12(7-5-11)13-10-18-14(17-13)15(16)8-3-9-15/h4-7,10H,2-3,8-9,16H2,1H3. The molecule has 0 aliphatic heterocycles. The van der Waals surface area contributed by atoms with Crippen LogP contribution in [-0.4, -0.2) is 4.98 Å². The van der Waals surface area contributed by atoms with E-state index in [1.807, 2.05) is 0 Å². The molecule has 0 atom stereocenters. The predicted molar refractivity (Wildman–Crippen MR) is 76.6 cm³/mol. The van der Waals surface area contributed by atoms with Gasteiger partial charge in [0.05, 0.1) is 11.2 Å². The Hall–Kier alpha value is -1.19. The number of nitrogens with zero attached hydrogens (tertiary/aromatic N) is 1. The van der Waals surface area contributed by atoms with Gasteiger partial charge in [0.25, 0.3) is 0 Å². The van der Waals surface area contributed by atoms with E-state index in [-0.39, 0.29) is 5.54 Å². The van der Waals surface area contributed by atoms with Gasteiger partial charge in [0.1, 0.15) is 5.01 Å². The van der Waals surface area contributed by atoms with Gasteiger partial charge in [-0.05, 0) is 31.2 Å². The van der Waals surface area contributed by atoms with Crippen LogP contribution in [0.4, 0.5) is 0 Å². The molecule has 2 N–H and O–H groups in total. The van der Waals surface area contributed by atoms with Crippen molar-refractivity contribution in [2.45, 2.75) is 38.1 Å². The van der Waals surface area contributed by atoms with Crippen LogP contribution in [0.1, 0.15) is 36.8 Å². The molecule has 3 heteroatoms. The number of thiazole rings is 1. The minimum atomic E-state index is -0.133. The Morgan fingerprint density at radius 2 is 2.00 bits per heavy atom. The molecule has 0 amide bonds. The van der Waals surface area contributed by atoms with E-state index in [0.29, 0.717) is 0 Å². The van der Waals surface area contributed by atoms with Crippen molar-refractivity contribution in [1.82, 2.24) is 4.98 Å². The summed E-state index contributed by atoms with van der Waals surface area (Å²) >= 11 is 1.70. The van der Waals surface area contributed by atoms with Crippen molar-refractivity contribution in [3.05, 3.63) is 40.2 Å². The molecule has 1 aliphatic rings. The molecule has 0 bridgehead atoms. The fourth-order valence-corrected chi connectivity index (χ4v) is 3.32. The van der Waals surface area contributed by atoms with Gasteiger partial charge in [-0.25, -0.2) is 4.98 Å². The van der Waals surface area contributed by atoms with Crippen LogP contribution >= 0.6 is 11.3 Å². The molecule has 1 saturated carbocycles. The van der Waals surface area contributed by atoms with Crippen LogP contribution in [0.3, 0.4) is 0 Å². The lowest BCUT2D eigenvalue weighted by Crippen LogP contribution is -2.43. The maximum atomic E-state index is 6.31. The Kier molecular flexibility index (Phi) is 2.96. The van der Waals surface area contributed by atoms with Gasteiger partial charge in [-0.15, -0.1) is 11.3 Å². The fraction of sp³-hybridized carbons (Fsp3) is 0.400. The first-order valence-electron chi connectivity index (χ1n) is 6.55. The first-order valence-corrected chi connectivity index (χ1v) is 7.43. The number of hydrogen-bond acceptors (Lipinski definition) is 3. The zero-order valence-electron chi connectivity index (χ0n) is 10.6. The summed E-state index contributed by atoms with van der Waals surface area (Å²) in [5.74, 6) is 0. The highest BCUT2D eigenvalue weighted by Crippen LogP contribution is 2.41. The largest absolute Gasteiger partial charge is 0.319 e. The van der Waals surface area contributed by atoms with Crippen molar-refractivity contribution in [3.63, 3.8) is 0 Å². The number of benzene rings is 1. The van der Waals surface area contributed by atoms with E-state index < -0.39 is 0 Å². The van der Waals surface area contributed by atoms with E-state index >= 15 is 0 Å². The summed E-state index contributed by atoms with van der Waals surface area (Å²) in [7, 11) is 0. The van der Waals surface area contributed by atoms with Gasteiger partial charge >= 0.3 is 0 Å². The molecule has 0 saturated heterocycles. The summed E-state index contributed by atoms with van der Waals surface area (Å²) in [4.78, 5) is 4.72. The summed E-state index contributed by atoms with van der Waals surface area (Å²) in [6, 6.07) is 8.66. The number of hydrogen-bond donors (Lipinski definition) is 1. The summed E-state index contributed by atoms with van der Waals surface area (Å²) in [6.07, 6.45) is 4.47. The molecule has 1 aromatic carbocycles. The van der Waals surface area contributed by atoms with Crippen molar-refractivity contribution < 1.29 is 0 Å². The second kappa shape index (κ2) is 4.48. The number of nitrogens with two attached hydrogens (primary N) is 1. The molecule has 18 heavy (non-hydrogen) atoms. The molecule has 2 aromatic rings. The minimum absolute atomic E-state index is 0.133. The summed E-state index contributed by atoms with van der Waals surface area (Å²) in [6.45, 7) is 2.17. The first kappa shape index (κ1) is 11.9. The first-order chi connectivity index (χ1) is 8.71. The molecule has 1 aliphatic carbocycles. The quantitative estimate of drug-likeness (QED) is 0.911. The van der Waals surface area contributed by atoms with Gasteiger partial charge in [-0.1, -0.05) is 31.2 Å². The van der Waals surface area contributed by atoms with Crippen molar-refractivity contribution in [2.24, 2.45) is 5.73 Å². The Morgan fingerprint density at radius 3 is 2.56 bits per heavy atom. The second-order valence-corrected chi connectivity index (χ2v) is 5.96. The van der Waals surface area contributed by atoms with Crippen LogP contribution < -0.4 is 5.73 Å². The van der Waals surface area contributed by atoms with E-state index in [1.165, 1.54) is 17.5 Å². The maximum Gasteiger partial charge on any atom is 0.113 e. The van der Waals surface area contributed by atoms with Gasteiger partial charge in [0, 0.05) is 10.9 Å². The van der Waals surface area contributed by atoms with Crippen LogP contribution in [-0.2, 0) is 12.0 Å². The van der Waals surface area contributed by atoms with Crippen LogP contribution in [0.2, 0.25) is 0 Å². The van der Waals surface area contributed by atoms with E-state index in [2.05, 4.69) is 36.6 Å². The Labute approximate surface area is 112 Å². The number of rotatable bonds is 3. The van der Waals surface area contributed by atoms with Gasteiger partial charge in [0.2, 0.25) is 0 Å². The highest BCUT2D eigenvalue weighted by molar-refractivity contribution is 7.10. The lowest BCUT2D eigenvalue weighted by Gasteiger charge is -2.35. The highest BCUT2D eigenvalue weighted by Gasteiger charge is 2.37. The van der Waals surface area contributed by atoms with Gasteiger partial charge < -0.3 is 5.73 Å². The normalized spacial score (nSPS) is 17.4. The molecule has 94 valence electrons. The second-order valence-electron chi connectivity index (χ2n) is 5.10. The van der Waals surface area contributed by atoms with E-state index in [1.54, 1.807) is 11.3 Å². The smallest absolute Gasteiger partial charge is 0.113 e. The van der Waals surface area contributed by atoms with Crippen LogP contribution in [0.15, 0.2) is 29.6 Å². The molecular weight excluding hydrogens is 240 g/mol. The number of aromatic nitrogens is 1. The number of aryl methyl sites for hydroxylation is 1. The highest BCUT2D eigenvalue weighted by atomic mass is 32.1. The van der Waals surface area contributed by atoms with Gasteiger partial charge in [-0.2, -0.15) is 0 Å². The zero-order valence-corrected chi connectivity index (χ0v) is 11.5. The molecule has 2 nitrogen and oxygen atoms in total. The average molecular weight is 258 g/mol. The van der Waals surface area contributed by atoms with Gasteiger partial charge in [-0.3, -0.25) is 0 Å². The zero-order chi connectivity index (χ0) is 12.6. The summed E-state index contributed by atoms with van der Waals surface area (Å²) in [5.41, 5.74) is 9.80. The predicted octanol–water partition coefficient (Wildman–Crippen LogP) is 3.71. The Balaban J connectivity index is 1.88. The van der Waals surface area contributed by atoms with E-state index in [4.69, 9.17) is 10.7 Å². The van der Waals surface area contributed by atoms with Crippen molar-refractivity contribution in [3.8, 4) is 11.3 Å². The molecule has 1 fully saturated rings. The fourth-order valence-electron chi connectivity index (χ4n) is 2.32. The van der Waals surface area contributed by atoms with Crippen molar-refractivity contribution in [2.75, 3.05) is 0 Å². The topological polar surface area (TPSA) is 38.9 Å². The third-order valence-corrected chi connectivity index (χ3v) is 4.90. The molecule has 0 spiro atoms. The minimum Gasteiger partial charge on any atom is -0.319 e. The lowest BCUT2D eigenvalue weighted by molar-refractivity contribution is 0.253. The van der Waals surface area contributed by atoms with Crippen molar-refractivity contribution >= 4 is 11.3 Å². The van der Waals surface area contributed by atoms with E-state index in [0.717, 1.165) is 30.0 Å². The monoisotopic (exact) mass is 258 g/mol. The van der Waals surface area contributed by atoms with E-state index in [9.17, 15) is 0 Å². The van der Waals surface area contributed by atoms with Crippen LogP contribution in [0, 0.1) is 0 Å². The third kappa shape index (κ3) is 1.98. The molecular formula is C15H18N2S. The van der Waals surface area contributed by atoms with Crippen LogP contribution in [0.5, 0.6) is 0 Å². The SMILES string of the molecule is CCc1ccc(-c2csc(C3(N)CCC3)n2)cc1. The van der Waals surface area contributed by atoms with Crippen molar-refractivity contribution in [1.29, 1.82) is 0 Å². The molecule has 1 heterocycles. The molecule has 3 rings (SSSR count). The average Bonchev–Trinajstić information content (AvgIpc) is 2.86. The third-order valence-electron chi connectivity index (χ3n) is 3.83. The molecule has 0 unspecified atom stereocenters. The summed E-state index contributed by atoms with van der Waals surface area (Å²) < 4.78 is 0.